The fraction of sp³-hybridized carbons (Fsp3) is 0. The van der Waals surface area contributed by atoms with E-state index in [1.54, 1.807) is 12.1 Å². The maximum absolute atomic E-state index is 8.44. The fourth-order valence-corrected chi connectivity index (χ4v) is 0.952. The van der Waals surface area contributed by atoms with Gasteiger partial charge < -0.3 is 14.5 Å². The SMILES string of the molecule is ONB1Oc2ccccc2O1. The average molecular weight is 151 g/mol. The minimum absolute atomic E-state index is 0.638. The van der Waals surface area contributed by atoms with E-state index in [4.69, 9.17) is 14.5 Å². The minimum Gasteiger partial charge on any atom is -0.508 e. The predicted molar refractivity (Wildman–Crippen MR) is 38.4 cm³/mol. The zero-order chi connectivity index (χ0) is 7.68. The highest BCUT2D eigenvalue weighted by Gasteiger charge is 2.31. The maximum atomic E-state index is 8.44. The summed E-state index contributed by atoms with van der Waals surface area (Å²) in [4.78, 5) is 0. The lowest BCUT2D eigenvalue weighted by molar-refractivity contribution is 0.205. The summed E-state index contributed by atoms with van der Waals surface area (Å²) in [7, 11) is -0.771. The van der Waals surface area contributed by atoms with Crippen molar-refractivity contribution in [3.63, 3.8) is 0 Å². The van der Waals surface area contributed by atoms with Gasteiger partial charge in [0.25, 0.3) is 0 Å². The van der Waals surface area contributed by atoms with Crippen molar-refractivity contribution in [2.24, 2.45) is 0 Å². The lowest BCUT2D eigenvalue weighted by atomic mass is 10.2. The third-order valence-corrected chi connectivity index (χ3v) is 1.42. The van der Waals surface area contributed by atoms with Gasteiger partial charge in [-0.15, -0.1) is 0 Å². The normalized spacial score (nSPS) is 13.7. The van der Waals surface area contributed by atoms with Crippen LogP contribution in [0.3, 0.4) is 0 Å². The first-order valence-electron chi connectivity index (χ1n) is 3.22. The number of benzene rings is 1. The summed E-state index contributed by atoms with van der Waals surface area (Å²) < 4.78 is 10.1. The molecule has 1 aliphatic heterocycles. The van der Waals surface area contributed by atoms with Crippen LogP contribution in [0.15, 0.2) is 24.3 Å². The second-order valence-corrected chi connectivity index (χ2v) is 2.14. The van der Waals surface area contributed by atoms with Crippen molar-refractivity contribution in [1.82, 2.24) is 5.39 Å². The molecule has 5 heteroatoms. The largest absolute Gasteiger partial charge is 0.723 e. The van der Waals surface area contributed by atoms with E-state index < -0.39 is 7.25 Å². The smallest absolute Gasteiger partial charge is 0.508 e. The highest BCUT2D eigenvalue weighted by Crippen LogP contribution is 2.31. The number of para-hydroxylation sites is 2. The molecular formula is C6H6BNO3. The fourth-order valence-electron chi connectivity index (χ4n) is 0.952. The Morgan fingerprint density at radius 1 is 1.18 bits per heavy atom. The number of nitrogens with one attached hydrogen (secondary N) is 1. The van der Waals surface area contributed by atoms with Gasteiger partial charge in [0.05, 0.1) is 0 Å². The Balaban J connectivity index is 2.27. The van der Waals surface area contributed by atoms with Gasteiger partial charge in [-0.05, 0) is 12.1 Å². The van der Waals surface area contributed by atoms with Crippen molar-refractivity contribution in [2.75, 3.05) is 0 Å². The first kappa shape index (κ1) is 6.51. The van der Waals surface area contributed by atoms with Gasteiger partial charge in [-0.1, -0.05) is 12.1 Å². The summed E-state index contributed by atoms with van der Waals surface area (Å²) in [5.41, 5.74) is 0. The maximum Gasteiger partial charge on any atom is 0.723 e. The van der Waals surface area contributed by atoms with E-state index in [1.807, 2.05) is 17.5 Å². The predicted octanol–water partition coefficient (Wildman–Crippen LogP) is 0.421. The molecule has 0 unspecified atom stereocenters. The first-order chi connectivity index (χ1) is 5.40. The summed E-state index contributed by atoms with van der Waals surface area (Å²) >= 11 is 0. The molecular weight excluding hydrogens is 145 g/mol. The van der Waals surface area contributed by atoms with Gasteiger partial charge in [0, 0.05) is 0 Å². The minimum atomic E-state index is -0.771. The molecule has 1 aromatic carbocycles. The quantitative estimate of drug-likeness (QED) is 0.451. The highest BCUT2D eigenvalue weighted by molar-refractivity contribution is 6.44. The molecule has 0 fully saturated rings. The van der Waals surface area contributed by atoms with Crippen LogP contribution in [0, 0.1) is 0 Å². The Labute approximate surface area is 63.9 Å². The Morgan fingerprint density at radius 2 is 1.73 bits per heavy atom. The van der Waals surface area contributed by atoms with Crippen molar-refractivity contribution in [3.05, 3.63) is 24.3 Å². The van der Waals surface area contributed by atoms with Crippen LogP contribution >= 0.6 is 0 Å². The van der Waals surface area contributed by atoms with Crippen LogP contribution in [0.5, 0.6) is 11.5 Å². The van der Waals surface area contributed by atoms with Crippen molar-refractivity contribution in [1.29, 1.82) is 0 Å². The van der Waals surface area contributed by atoms with E-state index in [-0.39, 0.29) is 0 Å². The Kier molecular flexibility index (Phi) is 1.45. The van der Waals surface area contributed by atoms with Crippen LogP contribution in [0.4, 0.5) is 0 Å². The van der Waals surface area contributed by atoms with Crippen LogP contribution in [0.1, 0.15) is 0 Å². The molecule has 2 N–H and O–H groups in total. The summed E-state index contributed by atoms with van der Waals surface area (Å²) in [6, 6.07) is 7.21. The molecule has 1 aromatic rings. The molecule has 1 aliphatic rings. The van der Waals surface area contributed by atoms with Crippen molar-refractivity contribution in [2.45, 2.75) is 0 Å². The van der Waals surface area contributed by atoms with Gasteiger partial charge in [-0.3, -0.25) is 0 Å². The van der Waals surface area contributed by atoms with Crippen LogP contribution in [0.25, 0.3) is 0 Å². The van der Waals surface area contributed by atoms with E-state index in [2.05, 4.69) is 0 Å². The van der Waals surface area contributed by atoms with E-state index in [9.17, 15) is 0 Å². The molecule has 0 atom stereocenters. The van der Waals surface area contributed by atoms with E-state index in [0.29, 0.717) is 11.5 Å². The summed E-state index contributed by atoms with van der Waals surface area (Å²) in [5, 5.41) is 10.3. The standard InChI is InChI=1S/C6H6BNO3/c9-8-7-10-5-3-1-2-4-6(5)11-7/h1-4,8-9H. The molecule has 11 heavy (non-hydrogen) atoms. The molecule has 0 radical (unpaired) electrons. The Hall–Kier alpha value is -1.20. The van der Waals surface area contributed by atoms with Gasteiger partial charge in [-0.2, -0.15) is 5.39 Å². The number of hydrogen-bond donors (Lipinski definition) is 2. The summed E-state index contributed by atoms with van der Waals surface area (Å²) in [6.07, 6.45) is 0. The Morgan fingerprint density at radius 3 is 2.18 bits per heavy atom. The highest BCUT2D eigenvalue weighted by atomic mass is 16.7. The van der Waals surface area contributed by atoms with Gasteiger partial charge >= 0.3 is 7.25 Å². The molecule has 0 amide bonds. The van der Waals surface area contributed by atoms with Crippen LogP contribution < -0.4 is 14.7 Å². The first-order valence-corrected chi connectivity index (χ1v) is 3.22. The topological polar surface area (TPSA) is 50.7 Å². The van der Waals surface area contributed by atoms with Crippen LogP contribution in [0.2, 0.25) is 0 Å². The summed E-state index contributed by atoms with van der Waals surface area (Å²) in [5.74, 6) is 1.28. The van der Waals surface area contributed by atoms with Crippen molar-refractivity contribution < 1.29 is 14.5 Å². The molecule has 2 rings (SSSR count). The molecule has 56 valence electrons. The third-order valence-electron chi connectivity index (χ3n) is 1.42. The zero-order valence-electron chi connectivity index (χ0n) is 5.65. The van der Waals surface area contributed by atoms with E-state index in [1.165, 1.54) is 0 Å². The molecule has 1 heterocycles. The number of hydrogen-bond acceptors (Lipinski definition) is 4. The molecule has 0 saturated carbocycles. The van der Waals surface area contributed by atoms with Crippen molar-refractivity contribution >= 4 is 7.25 Å². The van der Waals surface area contributed by atoms with Crippen molar-refractivity contribution in [3.8, 4) is 11.5 Å². The summed E-state index contributed by atoms with van der Waals surface area (Å²) in [6.45, 7) is 0. The van der Waals surface area contributed by atoms with Gasteiger partial charge in [0.2, 0.25) is 0 Å². The molecule has 4 nitrogen and oxygen atoms in total. The number of fused-ring (bicyclic) bond motifs is 1. The lowest BCUT2D eigenvalue weighted by Gasteiger charge is -1.97. The van der Waals surface area contributed by atoms with Gasteiger partial charge in [0.1, 0.15) is 11.5 Å². The second-order valence-electron chi connectivity index (χ2n) is 2.14. The third kappa shape index (κ3) is 1.04. The molecule has 0 saturated heterocycles. The lowest BCUT2D eigenvalue weighted by Crippen LogP contribution is -2.39. The van der Waals surface area contributed by atoms with Crippen LogP contribution in [-0.4, -0.2) is 12.5 Å². The van der Waals surface area contributed by atoms with E-state index >= 15 is 0 Å². The molecule has 0 bridgehead atoms. The second kappa shape index (κ2) is 2.45. The molecule has 0 aromatic heterocycles. The van der Waals surface area contributed by atoms with Crippen LogP contribution in [-0.2, 0) is 0 Å². The average Bonchev–Trinajstić information content (AvgIpc) is 2.46. The zero-order valence-corrected chi connectivity index (χ0v) is 5.65. The van der Waals surface area contributed by atoms with E-state index in [0.717, 1.165) is 0 Å². The van der Waals surface area contributed by atoms with Gasteiger partial charge in [0.15, 0.2) is 0 Å². The Bertz CT molecular complexity index is 243. The molecule has 0 spiro atoms. The van der Waals surface area contributed by atoms with Gasteiger partial charge in [-0.25, -0.2) is 0 Å². The number of rotatable bonds is 1. The molecule has 0 aliphatic carbocycles. The monoisotopic (exact) mass is 151 g/mol.